The van der Waals surface area contributed by atoms with Crippen LogP contribution in [-0.4, -0.2) is 44.7 Å². The van der Waals surface area contributed by atoms with E-state index in [0.717, 1.165) is 60.9 Å². The van der Waals surface area contributed by atoms with Crippen molar-refractivity contribution in [3.63, 3.8) is 0 Å². The molecule has 0 saturated heterocycles. The number of aliphatic hydroxyl groups is 2. The monoisotopic (exact) mass is 507 g/mol. The molecule has 0 aromatic carbocycles. The molecule has 0 aliphatic heterocycles. The molecular formula is C30H38FN3O3. The molecular weight excluding hydrogens is 469 g/mol. The molecule has 0 unspecified atom stereocenters. The SMILES string of the molecule is C/C=C(F)\C=C/Cn1ncc2c1C=C1CC[C@@](O)(CCC3=C(C(=O)NCCO)CCC=C3)[C@@]1(C1CC1)C2. The van der Waals surface area contributed by atoms with Crippen LogP contribution in [-0.2, 0) is 17.8 Å². The molecule has 0 bridgehead atoms. The fraction of sp³-hybridized carbons (Fsp3) is 0.533. The second-order valence-corrected chi connectivity index (χ2v) is 10.9. The average molecular weight is 508 g/mol. The quantitative estimate of drug-likeness (QED) is 0.401. The van der Waals surface area contributed by atoms with Crippen LogP contribution in [0.25, 0.3) is 6.08 Å². The van der Waals surface area contributed by atoms with Crippen molar-refractivity contribution in [2.75, 3.05) is 13.2 Å². The van der Waals surface area contributed by atoms with E-state index in [4.69, 9.17) is 5.11 Å². The number of hydrogen-bond donors (Lipinski definition) is 3. The molecule has 37 heavy (non-hydrogen) atoms. The highest BCUT2D eigenvalue weighted by atomic mass is 19.1. The lowest BCUT2D eigenvalue weighted by atomic mass is 9.61. The maximum atomic E-state index is 13.5. The predicted octanol–water partition coefficient (Wildman–Crippen LogP) is 4.71. The van der Waals surface area contributed by atoms with E-state index in [1.807, 2.05) is 17.0 Å². The summed E-state index contributed by atoms with van der Waals surface area (Å²) in [7, 11) is 0. The van der Waals surface area contributed by atoms with Gasteiger partial charge in [-0.25, -0.2) is 4.39 Å². The number of hydrogen-bond acceptors (Lipinski definition) is 4. The standard InChI is InChI=1S/C30H38FN3O3/c1-2-25(31)7-5-16-34-27-18-24-12-14-29(37,30(24,23-9-10-23)19-22(27)20-33-34)13-11-21-6-3-4-8-26(21)28(36)32-15-17-35/h2-3,5-7,18,20,23,35,37H,4,8-17,19H2,1H3,(H,32,36)/b7-5-,25-2+/t29-,30+/m0/s1. The van der Waals surface area contributed by atoms with Crippen LogP contribution in [0.2, 0.25) is 0 Å². The van der Waals surface area contributed by atoms with Gasteiger partial charge in [-0.05, 0) is 93.9 Å². The minimum absolute atomic E-state index is 0.0789. The van der Waals surface area contributed by atoms with Crippen molar-refractivity contribution in [2.24, 2.45) is 11.3 Å². The summed E-state index contributed by atoms with van der Waals surface area (Å²) in [5.74, 6) is 0.0990. The predicted molar refractivity (Wildman–Crippen MR) is 142 cm³/mol. The molecule has 1 heterocycles. The average Bonchev–Trinajstić information content (AvgIpc) is 3.64. The molecule has 3 N–H and O–H groups in total. The molecule has 2 fully saturated rings. The lowest BCUT2D eigenvalue weighted by molar-refractivity contribution is -0.117. The smallest absolute Gasteiger partial charge is 0.247 e. The molecule has 1 aromatic rings. The Morgan fingerprint density at radius 3 is 2.95 bits per heavy atom. The zero-order valence-electron chi connectivity index (χ0n) is 21.7. The lowest BCUT2D eigenvalue weighted by Gasteiger charge is -2.46. The molecule has 2 saturated carbocycles. The number of rotatable bonds is 10. The van der Waals surface area contributed by atoms with Crippen molar-refractivity contribution in [3.8, 4) is 0 Å². The number of allylic oxidation sites excluding steroid dienone is 7. The van der Waals surface area contributed by atoms with Crippen LogP contribution >= 0.6 is 0 Å². The van der Waals surface area contributed by atoms with E-state index in [9.17, 15) is 14.3 Å². The third-order valence-corrected chi connectivity index (χ3v) is 8.80. The largest absolute Gasteiger partial charge is 0.395 e. The molecule has 5 rings (SSSR count). The summed E-state index contributed by atoms with van der Waals surface area (Å²) in [6.45, 7) is 2.35. The number of fused-ring (bicyclic) bond motifs is 2. The molecule has 4 aliphatic rings. The number of nitrogens with one attached hydrogen (secondary N) is 1. The van der Waals surface area contributed by atoms with Gasteiger partial charge in [0.05, 0.1) is 30.6 Å². The number of carbonyl (C=O) groups excluding carboxylic acids is 1. The first kappa shape index (κ1) is 25.9. The van der Waals surface area contributed by atoms with Crippen LogP contribution in [0.3, 0.4) is 0 Å². The normalized spacial score (nSPS) is 27.5. The van der Waals surface area contributed by atoms with Gasteiger partial charge in [0.25, 0.3) is 0 Å². The Morgan fingerprint density at radius 1 is 1.35 bits per heavy atom. The molecule has 6 nitrogen and oxygen atoms in total. The number of halogens is 1. The van der Waals surface area contributed by atoms with Crippen molar-refractivity contribution in [2.45, 2.75) is 76.9 Å². The third-order valence-electron chi connectivity index (χ3n) is 8.80. The van der Waals surface area contributed by atoms with Crippen LogP contribution in [0.1, 0.15) is 69.5 Å². The molecule has 0 radical (unpaired) electrons. The Kier molecular flexibility index (Phi) is 7.37. The highest BCUT2D eigenvalue weighted by Crippen LogP contribution is 2.66. The first-order valence-electron chi connectivity index (χ1n) is 13.7. The Balaban J connectivity index is 1.39. The van der Waals surface area contributed by atoms with E-state index in [0.29, 0.717) is 31.7 Å². The van der Waals surface area contributed by atoms with Gasteiger partial charge in [-0.1, -0.05) is 29.9 Å². The van der Waals surface area contributed by atoms with Crippen molar-refractivity contribution >= 4 is 12.0 Å². The van der Waals surface area contributed by atoms with Crippen molar-refractivity contribution in [1.82, 2.24) is 15.1 Å². The Bertz CT molecular complexity index is 1200. The summed E-state index contributed by atoms with van der Waals surface area (Å²) in [5, 5.41) is 28.8. The minimum Gasteiger partial charge on any atom is -0.395 e. The molecule has 198 valence electrons. The van der Waals surface area contributed by atoms with Crippen LogP contribution in [0.15, 0.2) is 59.1 Å². The van der Waals surface area contributed by atoms with Gasteiger partial charge >= 0.3 is 0 Å². The van der Waals surface area contributed by atoms with Gasteiger partial charge in [-0.3, -0.25) is 9.48 Å². The highest BCUT2D eigenvalue weighted by Gasteiger charge is 2.63. The highest BCUT2D eigenvalue weighted by molar-refractivity contribution is 5.95. The van der Waals surface area contributed by atoms with Crippen LogP contribution < -0.4 is 5.32 Å². The Hall–Kier alpha value is -2.77. The first-order valence-corrected chi connectivity index (χ1v) is 13.7. The topological polar surface area (TPSA) is 87.4 Å². The molecule has 1 aromatic heterocycles. The molecule has 1 amide bonds. The summed E-state index contributed by atoms with van der Waals surface area (Å²) in [6.07, 6.45) is 20.4. The maximum absolute atomic E-state index is 13.5. The van der Waals surface area contributed by atoms with Gasteiger partial charge in [0, 0.05) is 17.5 Å². The number of aromatic nitrogens is 2. The van der Waals surface area contributed by atoms with Gasteiger partial charge < -0.3 is 15.5 Å². The maximum Gasteiger partial charge on any atom is 0.247 e. The summed E-state index contributed by atoms with van der Waals surface area (Å²) in [5.41, 5.74) is 4.22. The second kappa shape index (κ2) is 10.5. The van der Waals surface area contributed by atoms with Gasteiger partial charge in [0.2, 0.25) is 5.91 Å². The third kappa shape index (κ3) is 4.79. The van der Waals surface area contributed by atoms with Gasteiger partial charge in [-0.2, -0.15) is 5.10 Å². The molecule has 4 aliphatic carbocycles. The summed E-state index contributed by atoms with van der Waals surface area (Å²) in [4.78, 5) is 12.7. The molecule has 7 heteroatoms. The zero-order chi connectivity index (χ0) is 26.0. The Labute approximate surface area is 218 Å². The van der Waals surface area contributed by atoms with Gasteiger partial charge in [0.1, 0.15) is 5.83 Å². The van der Waals surface area contributed by atoms with Crippen molar-refractivity contribution in [3.05, 3.63) is 70.4 Å². The van der Waals surface area contributed by atoms with E-state index in [1.54, 1.807) is 13.0 Å². The summed E-state index contributed by atoms with van der Waals surface area (Å²) >= 11 is 0. The zero-order valence-corrected chi connectivity index (χ0v) is 21.7. The molecule has 2 atom stereocenters. The van der Waals surface area contributed by atoms with E-state index >= 15 is 0 Å². The van der Waals surface area contributed by atoms with Crippen LogP contribution in [0.4, 0.5) is 4.39 Å². The lowest BCUT2D eigenvalue weighted by Crippen LogP contribution is -2.49. The van der Waals surface area contributed by atoms with E-state index < -0.39 is 5.60 Å². The molecule has 0 spiro atoms. The number of amides is 1. The number of carbonyl (C=O) groups is 1. The Morgan fingerprint density at radius 2 is 2.19 bits per heavy atom. The number of nitrogens with zero attached hydrogens (tertiary/aromatic N) is 2. The minimum atomic E-state index is -0.834. The van der Waals surface area contributed by atoms with E-state index in [-0.39, 0.29) is 30.3 Å². The van der Waals surface area contributed by atoms with Crippen molar-refractivity contribution in [1.29, 1.82) is 0 Å². The second-order valence-electron chi connectivity index (χ2n) is 10.9. The van der Waals surface area contributed by atoms with Crippen molar-refractivity contribution < 1.29 is 19.4 Å². The first-order chi connectivity index (χ1) is 17.9. The van der Waals surface area contributed by atoms with E-state index in [2.05, 4.69) is 22.6 Å². The fourth-order valence-electron chi connectivity index (χ4n) is 6.81. The summed E-state index contributed by atoms with van der Waals surface area (Å²) in [6, 6.07) is 0. The van der Waals surface area contributed by atoms with Crippen LogP contribution in [0, 0.1) is 11.3 Å². The van der Waals surface area contributed by atoms with Crippen LogP contribution in [0.5, 0.6) is 0 Å². The fourth-order valence-corrected chi connectivity index (χ4v) is 6.81. The summed E-state index contributed by atoms with van der Waals surface area (Å²) < 4.78 is 15.4. The van der Waals surface area contributed by atoms with E-state index in [1.165, 1.54) is 17.7 Å². The number of aliphatic hydroxyl groups excluding tert-OH is 1. The van der Waals surface area contributed by atoms with Gasteiger partial charge in [-0.15, -0.1) is 0 Å². The van der Waals surface area contributed by atoms with Gasteiger partial charge in [0.15, 0.2) is 0 Å².